The van der Waals surface area contributed by atoms with E-state index in [-0.39, 0.29) is 0 Å². The van der Waals surface area contributed by atoms with Gasteiger partial charge in [-0.25, -0.2) is 4.98 Å². The van der Waals surface area contributed by atoms with E-state index in [0.717, 1.165) is 38.8 Å². The standard InChI is InChI=1S/C20H17N7S/c1-26-9-7-15(25-26)12-27(16-5-6-17-14(10-16)11-22-24-17)20-23-19(13-28-20)18-4-2-3-8-21-18/h2-11,13H,12H2,1H3,(H,22,24). The molecule has 4 aromatic heterocycles. The number of benzene rings is 1. The Labute approximate surface area is 165 Å². The van der Waals surface area contributed by atoms with Crippen LogP contribution in [0.3, 0.4) is 0 Å². The highest BCUT2D eigenvalue weighted by atomic mass is 32.1. The second-order valence-electron chi connectivity index (χ2n) is 6.44. The Hall–Kier alpha value is -3.52. The summed E-state index contributed by atoms with van der Waals surface area (Å²) < 4.78 is 1.81. The molecule has 1 aromatic carbocycles. The van der Waals surface area contributed by atoms with Crippen molar-refractivity contribution in [1.29, 1.82) is 0 Å². The SMILES string of the molecule is Cn1ccc(CN(c2ccc3[nH]ncc3c2)c2nc(-c3ccccn3)cs2)n1. The van der Waals surface area contributed by atoms with Crippen LogP contribution in [0, 0.1) is 0 Å². The zero-order chi connectivity index (χ0) is 18.9. The van der Waals surface area contributed by atoms with Gasteiger partial charge in [-0.05, 0) is 36.4 Å². The van der Waals surface area contributed by atoms with E-state index in [4.69, 9.17) is 4.98 Å². The normalized spacial score (nSPS) is 11.2. The minimum atomic E-state index is 0.624. The maximum Gasteiger partial charge on any atom is 0.190 e. The molecule has 0 aliphatic rings. The van der Waals surface area contributed by atoms with Crippen LogP contribution in [0.2, 0.25) is 0 Å². The van der Waals surface area contributed by atoms with Crippen molar-refractivity contribution in [1.82, 2.24) is 29.9 Å². The third-order valence-corrected chi connectivity index (χ3v) is 5.34. The molecule has 8 heteroatoms. The predicted octanol–water partition coefficient (Wildman–Crippen LogP) is 4.15. The van der Waals surface area contributed by atoms with Crippen molar-refractivity contribution in [3.63, 3.8) is 0 Å². The lowest BCUT2D eigenvalue weighted by Gasteiger charge is -2.21. The number of hydrogen-bond acceptors (Lipinski definition) is 6. The molecule has 0 bridgehead atoms. The van der Waals surface area contributed by atoms with Gasteiger partial charge in [-0.2, -0.15) is 10.2 Å². The van der Waals surface area contributed by atoms with Crippen LogP contribution in [-0.2, 0) is 13.6 Å². The van der Waals surface area contributed by atoms with Gasteiger partial charge in [0, 0.05) is 35.9 Å². The highest BCUT2D eigenvalue weighted by molar-refractivity contribution is 7.14. The van der Waals surface area contributed by atoms with Crippen molar-refractivity contribution in [3.05, 3.63) is 72.1 Å². The number of pyridine rings is 1. The first-order valence-electron chi connectivity index (χ1n) is 8.82. The van der Waals surface area contributed by atoms with Crippen LogP contribution in [0.4, 0.5) is 10.8 Å². The smallest absolute Gasteiger partial charge is 0.190 e. The Morgan fingerprint density at radius 1 is 1.14 bits per heavy atom. The largest absolute Gasteiger partial charge is 0.312 e. The minimum absolute atomic E-state index is 0.624. The van der Waals surface area contributed by atoms with Gasteiger partial charge >= 0.3 is 0 Å². The van der Waals surface area contributed by atoms with Crippen molar-refractivity contribution in [3.8, 4) is 11.4 Å². The molecular formula is C20H17N7S. The Kier molecular flexibility index (Phi) is 4.10. The number of thiazole rings is 1. The van der Waals surface area contributed by atoms with Crippen molar-refractivity contribution in [2.24, 2.45) is 7.05 Å². The second kappa shape index (κ2) is 6.90. The van der Waals surface area contributed by atoms with Crippen molar-refractivity contribution < 1.29 is 0 Å². The van der Waals surface area contributed by atoms with Crippen LogP contribution in [0.15, 0.2) is 66.4 Å². The molecule has 0 unspecified atom stereocenters. The number of hydrogen-bond donors (Lipinski definition) is 1. The molecular weight excluding hydrogens is 370 g/mol. The average Bonchev–Trinajstić information content (AvgIpc) is 3.47. The molecule has 28 heavy (non-hydrogen) atoms. The summed E-state index contributed by atoms with van der Waals surface area (Å²) in [7, 11) is 1.92. The van der Waals surface area contributed by atoms with E-state index in [1.54, 1.807) is 17.5 Å². The summed E-state index contributed by atoms with van der Waals surface area (Å²) in [6.07, 6.45) is 5.57. The molecule has 0 fully saturated rings. The van der Waals surface area contributed by atoms with Gasteiger partial charge in [-0.1, -0.05) is 6.07 Å². The van der Waals surface area contributed by atoms with E-state index in [0.29, 0.717) is 6.54 Å². The number of fused-ring (bicyclic) bond motifs is 1. The second-order valence-corrected chi connectivity index (χ2v) is 7.28. The quantitative estimate of drug-likeness (QED) is 0.490. The van der Waals surface area contributed by atoms with Crippen molar-refractivity contribution in [2.75, 3.05) is 4.90 Å². The van der Waals surface area contributed by atoms with Crippen LogP contribution < -0.4 is 4.90 Å². The molecule has 0 aliphatic heterocycles. The van der Waals surface area contributed by atoms with E-state index in [1.807, 2.05) is 59.8 Å². The number of rotatable bonds is 5. The molecule has 4 heterocycles. The summed E-state index contributed by atoms with van der Waals surface area (Å²) in [4.78, 5) is 11.4. The molecule has 0 saturated carbocycles. The molecule has 7 nitrogen and oxygen atoms in total. The van der Waals surface area contributed by atoms with Crippen LogP contribution >= 0.6 is 11.3 Å². The van der Waals surface area contributed by atoms with Crippen LogP contribution in [0.25, 0.3) is 22.3 Å². The Balaban J connectivity index is 1.56. The first-order chi connectivity index (χ1) is 13.8. The predicted molar refractivity (Wildman–Crippen MR) is 110 cm³/mol. The molecule has 1 N–H and O–H groups in total. The van der Waals surface area contributed by atoms with Crippen LogP contribution in [0.5, 0.6) is 0 Å². The van der Waals surface area contributed by atoms with Crippen LogP contribution in [-0.4, -0.2) is 29.9 Å². The van der Waals surface area contributed by atoms with E-state index < -0.39 is 0 Å². The molecule has 0 amide bonds. The highest BCUT2D eigenvalue weighted by Gasteiger charge is 2.17. The molecule has 138 valence electrons. The molecule has 5 aromatic rings. The Bertz CT molecular complexity index is 1220. The number of anilines is 2. The van der Waals surface area contributed by atoms with E-state index in [2.05, 4.69) is 37.3 Å². The molecule has 0 saturated heterocycles. The van der Waals surface area contributed by atoms with Gasteiger partial charge in [-0.3, -0.25) is 14.8 Å². The minimum Gasteiger partial charge on any atom is -0.312 e. The average molecular weight is 387 g/mol. The maximum absolute atomic E-state index is 4.85. The van der Waals surface area contributed by atoms with Crippen molar-refractivity contribution >= 4 is 33.1 Å². The topological polar surface area (TPSA) is 75.5 Å². The number of nitrogens with zero attached hydrogens (tertiary/aromatic N) is 6. The fourth-order valence-electron chi connectivity index (χ4n) is 3.10. The first-order valence-corrected chi connectivity index (χ1v) is 9.70. The summed E-state index contributed by atoms with van der Waals surface area (Å²) in [5, 5.41) is 15.7. The zero-order valence-electron chi connectivity index (χ0n) is 15.1. The fraction of sp³-hybridized carbons (Fsp3) is 0.100. The zero-order valence-corrected chi connectivity index (χ0v) is 16.0. The third kappa shape index (κ3) is 3.14. The van der Waals surface area contributed by atoms with E-state index in [1.165, 1.54) is 0 Å². The first kappa shape index (κ1) is 16.6. The number of H-pyrrole nitrogens is 1. The van der Waals surface area contributed by atoms with E-state index >= 15 is 0 Å². The monoisotopic (exact) mass is 387 g/mol. The van der Waals surface area contributed by atoms with Gasteiger partial charge in [0.05, 0.1) is 29.6 Å². The lowest BCUT2D eigenvalue weighted by atomic mass is 10.2. The van der Waals surface area contributed by atoms with Gasteiger partial charge in [0.1, 0.15) is 5.69 Å². The van der Waals surface area contributed by atoms with Gasteiger partial charge in [0.15, 0.2) is 5.13 Å². The summed E-state index contributed by atoms with van der Waals surface area (Å²) >= 11 is 1.60. The van der Waals surface area contributed by atoms with Gasteiger partial charge < -0.3 is 4.90 Å². The van der Waals surface area contributed by atoms with E-state index in [9.17, 15) is 0 Å². The van der Waals surface area contributed by atoms with Gasteiger partial charge in [0.2, 0.25) is 0 Å². The summed E-state index contributed by atoms with van der Waals surface area (Å²) in [5.74, 6) is 0. The van der Waals surface area contributed by atoms with Gasteiger partial charge in [0.25, 0.3) is 0 Å². The summed E-state index contributed by atoms with van der Waals surface area (Å²) in [5.41, 5.74) is 4.77. The number of aromatic nitrogens is 6. The number of aryl methyl sites for hydroxylation is 1. The lowest BCUT2D eigenvalue weighted by molar-refractivity contribution is 0.738. The maximum atomic E-state index is 4.85. The Morgan fingerprint density at radius 2 is 2.11 bits per heavy atom. The highest BCUT2D eigenvalue weighted by Crippen LogP contribution is 2.34. The summed E-state index contributed by atoms with van der Waals surface area (Å²) in [6.45, 7) is 0.624. The third-order valence-electron chi connectivity index (χ3n) is 4.47. The fourth-order valence-corrected chi connectivity index (χ4v) is 3.94. The number of nitrogens with one attached hydrogen (secondary N) is 1. The lowest BCUT2D eigenvalue weighted by Crippen LogP contribution is -2.17. The molecule has 0 atom stereocenters. The van der Waals surface area contributed by atoms with Crippen LogP contribution in [0.1, 0.15) is 5.69 Å². The molecule has 5 rings (SSSR count). The van der Waals surface area contributed by atoms with Gasteiger partial charge in [-0.15, -0.1) is 11.3 Å². The molecule has 0 radical (unpaired) electrons. The molecule has 0 spiro atoms. The number of aromatic amines is 1. The van der Waals surface area contributed by atoms with Crippen molar-refractivity contribution in [2.45, 2.75) is 6.54 Å². The summed E-state index contributed by atoms with van der Waals surface area (Å²) in [6, 6.07) is 14.1. The molecule has 0 aliphatic carbocycles. The Morgan fingerprint density at radius 3 is 2.93 bits per heavy atom.